The normalized spacial score (nSPS) is 29.6. The van der Waals surface area contributed by atoms with Crippen LogP contribution < -0.4 is 10.6 Å². The first-order valence-electron chi connectivity index (χ1n) is 16.3. The molecule has 11 nitrogen and oxygen atoms in total. The number of ether oxygens (including phenoxy) is 1. The van der Waals surface area contributed by atoms with E-state index >= 15 is 0 Å². The predicted molar refractivity (Wildman–Crippen MR) is 162 cm³/mol. The van der Waals surface area contributed by atoms with Gasteiger partial charge in [0.2, 0.25) is 17.7 Å². The minimum Gasteiger partial charge on any atom is -0.378 e. The number of amides is 4. The largest absolute Gasteiger partial charge is 0.378 e. The molecule has 12 heteroatoms. The molecule has 1 aromatic rings. The fourth-order valence-electron chi connectivity index (χ4n) is 7.67. The molecular formula is C31H46N6O5S. The molecule has 2 N–H and O–H groups in total. The second-order valence-corrected chi connectivity index (χ2v) is 14.1. The van der Waals surface area contributed by atoms with Crippen molar-refractivity contribution in [1.82, 2.24) is 30.3 Å². The Hall–Kier alpha value is -2.57. The molecule has 43 heavy (non-hydrogen) atoms. The summed E-state index contributed by atoms with van der Waals surface area (Å²) in [5.41, 5.74) is 0.708. The van der Waals surface area contributed by atoms with Crippen molar-refractivity contribution in [3.63, 3.8) is 0 Å². The van der Waals surface area contributed by atoms with Crippen LogP contribution in [-0.4, -0.2) is 114 Å². The summed E-state index contributed by atoms with van der Waals surface area (Å²) < 4.78 is 5.43. The molecule has 0 radical (unpaired) electrons. The number of morpholine rings is 1. The van der Waals surface area contributed by atoms with Crippen LogP contribution in [0, 0.1) is 18.8 Å². The van der Waals surface area contributed by atoms with E-state index in [0.29, 0.717) is 94.8 Å². The van der Waals surface area contributed by atoms with Crippen LogP contribution in [0.25, 0.3) is 0 Å². The van der Waals surface area contributed by atoms with E-state index in [4.69, 9.17) is 4.74 Å². The number of thiazole rings is 1. The monoisotopic (exact) mass is 614 g/mol. The van der Waals surface area contributed by atoms with Crippen molar-refractivity contribution >= 4 is 35.0 Å². The van der Waals surface area contributed by atoms with Crippen molar-refractivity contribution in [2.45, 2.75) is 89.3 Å². The van der Waals surface area contributed by atoms with Crippen LogP contribution in [0.1, 0.15) is 78.2 Å². The molecule has 3 saturated heterocycles. The predicted octanol–water partition coefficient (Wildman–Crippen LogP) is 1.73. The van der Waals surface area contributed by atoms with E-state index in [0.717, 1.165) is 11.4 Å². The van der Waals surface area contributed by atoms with Gasteiger partial charge < -0.3 is 30.1 Å². The summed E-state index contributed by atoms with van der Waals surface area (Å²) in [5.74, 6) is -0.289. The van der Waals surface area contributed by atoms with Gasteiger partial charge >= 0.3 is 0 Å². The lowest BCUT2D eigenvalue weighted by Crippen LogP contribution is -2.58. The first-order valence-corrected chi connectivity index (χ1v) is 17.1. The van der Waals surface area contributed by atoms with Crippen molar-refractivity contribution in [3.05, 3.63) is 15.6 Å². The Morgan fingerprint density at radius 1 is 1.05 bits per heavy atom. The molecule has 6 rings (SSSR count). The highest BCUT2D eigenvalue weighted by Crippen LogP contribution is 2.34. The molecule has 1 saturated carbocycles. The fraction of sp³-hybridized carbons (Fsp3) is 0.774. The number of hydrogen-bond donors (Lipinski definition) is 2. The fourth-order valence-corrected chi connectivity index (χ4v) is 8.71. The lowest BCUT2D eigenvalue weighted by Gasteiger charge is -2.42. The molecule has 4 fully saturated rings. The second-order valence-electron chi connectivity index (χ2n) is 13.0. The minimum atomic E-state index is -0.534. The lowest BCUT2D eigenvalue weighted by atomic mass is 9.80. The van der Waals surface area contributed by atoms with Gasteiger partial charge in [-0.05, 0) is 50.9 Å². The van der Waals surface area contributed by atoms with Gasteiger partial charge in [-0.2, -0.15) is 0 Å². The molecule has 0 unspecified atom stereocenters. The number of piperidine rings is 2. The highest BCUT2D eigenvalue weighted by molar-refractivity contribution is 7.13. The summed E-state index contributed by atoms with van der Waals surface area (Å²) >= 11 is 1.40. The lowest BCUT2D eigenvalue weighted by molar-refractivity contribution is -0.145. The molecule has 236 valence electrons. The van der Waals surface area contributed by atoms with Crippen molar-refractivity contribution in [1.29, 1.82) is 0 Å². The number of carbonyl (C=O) groups is 4. The van der Waals surface area contributed by atoms with Crippen molar-refractivity contribution in [3.8, 4) is 0 Å². The van der Waals surface area contributed by atoms with Gasteiger partial charge in [0.05, 0.1) is 23.9 Å². The summed E-state index contributed by atoms with van der Waals surface area (Å²) in [7, 11) is 0. The number of aryl methyl sites for hydroxylation is 1. The van der Waals surface area contributed by atoms with Gasteiger partial charge in [0.25, 0.3) is 5.91 Å². The minimum absolute atomic E-state index is 0.00834. The van der Waals surface area contributed by atoms with E-state index in [1.54, 1.807) is 4.90 Å². The van der Waals surface area contributed by atoms with Gasteiger partial charge in [0, 0.05) is 70.6 Å². The van der Waals surface area contributed by atoms with E-state index < -0.39 is 6.04 Å². The van der Waals surface area contributed by atoms with E-state index in [9.17, 15) is 19.2 Å². The Kier molecular flexibility index (Phi) is 9.63. The maximum absolute atomic E-state index is 14.1. The Morgan fingerprint density at radius 2 is 1.84 bits per heavy atom. The van der Waals surface area contributed by atoms with E-state index in [2.05, 4.69) is 15.6 Å². The first kappa shape index (κ1) is 30.5. The van der Waals surface area contributed by atoms with Crippen molar-refractivity contribution in [2.24, 2.45) is 11.8 Å². The summed E-state index contributed by atoms with van der Waals surface area (Å²) in [6.45, 7) is 6.06. The number of nitrogens with one attached hydrogen (secondary N) is 2. The Balaban J connectivity index is 1.24. The molecule has 4 aliphatic heterocycles. The third-order valence-electron chi connectivity index (χ3n) is 10.1. The molecule has 4 atom stereocenters. The van der Waals surface area contributed by atoms with Gasteiger partial charge in [0.15, 0.2) is 0 Å². The summed E-state index contributed by atoms with van der Waals surface area (Å²) in [5, 5.41) is 7.70. The summed E-state index contributed by atoms with van der Waals surface area (Å²) in [6, 6.07) is 0.167. The highest BCUT2D eigenvalue weighted by atomic mass is 32.1. The Labute approximate surface area is 258 Å². The van der Waals surface area contributed by atoms with Crippen LogP contribution >= 0.6 is 11.3 Å². The van der Waals surface area contributed by atoms with Crippen LogP contribution in [0.5, 0.6) is 0 Å². The zero-order chi connectivity index (χ0) is 29.9. The number of rotatable bonds is 4. The van der Waals surface area contributed by atoms with Gasteiger partial charge in [-0.3, -0.25) is 19.2 Å². The maximum Gasteiger partial charge on any atom is 0.265 e. The molecule has 5 aliphatic rings. The van der Waals surface area contributed by atoms with Crippen LogP contribution in [0.2, 0.25) is 0 Å². The number of hydrogen-bond acceptors (Lipinski definition) is 8. The third kappa shape index (κ3) is 7.06. The molecule has 1 aliphatic carbocycles. The quantitative estimate of drug-likeness (QED) is 0.530. The van der Waals surface area contributed by atoms with Gasteiger partial charge in [-0.15, -0.1) is 11.3 Å². The summed E-state index contributed by atoms with van der Waals surface area (Å²) in [4.78, 5) is 65.4. The van der Waals surface area contributed by atoms with Crippen LogP contribution in [0.15, 0.2) is 0 Å². The van der Waals surface area contributed by atoms with Gasteiger partial charge in [-0.25, -0.2) is 4.98 Å². The first-order chi connectivity index (χ1) is 20.9. The van der Waals surface area contributed by atoms with Crippen LogP contribution in [-0.2, 0) is 25.5 Å². The van der Waals surface area contributed by atoms with E-state index in [-0.39, 0.29) is 47.9 Å². The maximum atomic E-state index is 14.1. The van der Waals surface area contributed by atoms with Gasteiger partial charge in [-0.1, -0.05) is 12.8 Å². The molecule has 0 aromatic carbocycles. The number of aromatic nitrogens is 1. The summed E-state index contributed by atoms with van der Waals surface area (Å²) in [6.07, 6.45) is 8.05. The molecule has 4 bridgehead atoms. The van der Waals surface area contributed by atoms with Gasteiger partial charge in [0.1, 0.15) is 10.9 Å². The Bertz CT molecular complexity index is 1200. The average molecular weight is 615 g/mol. The number of fused-ring (bicyclic) bond motifs is 5. The second kappa shape index (κ2) is 13.6. The smallest absolute Gasteiger partial charge is 0.265 e. The standard InChI is InChI=1S/C31H46N6O5S/c1-20-29-31(41)36-10-7-21(16-27(38)35-12-14-42-15-13-35)22(19-36)17-28(39)37-11-8-24(34-23-4-2-3-5-23)18-25(37)30(40)32-9-6-26(33-20)43-29/h21-25,34H,2-19H2,1H3,(H,32,40)/t21-,22-,24+,25-/m0/s1. The highest BCUT2D eigenvalue weighted by Gasteiger charge is 2.41. The molecule has 4 amide bonds. The number of carbonyl (C=O) groups excluding carboxylic acids is 4. The zero-order valence-electron chi connectivity index (χ0n) is 25.4. The van der Waals surface area contributed by atoms with Crippen LogP contribution in [0.4, 0.5) is 0 Å². The third-order valence-corrected chi connectivity index (χ3v) is 11.3. The molecule has 5 heterocycles. The van der Waals surface area contributed by atoms with E-state index in [1.165, 1.54) is 37.0 Å². The van der Waals surface area contributed by atoms with Crippen LogP contribution in [0.3, 0.4) is 0 Å². The van der Waals surface area contributed by atoms with Crippen molar-refractivity contribution in [2.75, 3.05) is 52.5 Å². The van der Waals surface area contributed by atoms with Crippen molar-refractivity contribution < 1.29 is 23.9 Å². The molecular weight excluding hydrogens is 568 g/mol. The number of nitrogens with zero attached hydrogens (tertiary/aromatic N) is 4. The average Bonchev–Trinajstić information content (AvgIpc) is 3.66. The zero-order valence-corrected chi connectivity index (χ0v) is 26.2. The van der Waals surface area contributed by atoms with E-state index in [1.807, 2.05) is 16.7 Å². The SMILES string of the molecule is Cc1nc2sc1C(=O)N1CC[C@@H](CC(=O)N3CCOCC3)[C@@H](CC(=O)N3CC[C@@H](NC4CCCC4)C[C@H]3C(=O)NCC2)C1. The Morgan fingerprint density at radius 3 is 2.63 bits per heavy atom. The molecule has 0 spiro atoms. The topological polar surface area (TPSA) is 124 Å². The molecule has 1 aromatic heterocycles.